The number of piperidine rings is 1. The van der Waals surface area contributed by atoms with Gasteiger partial charge < -0.3 is 10.2 Å². The lowest BCUT2D eigenvalue weighted by Gasteiger charge is -2.31. The molecule has 7 heteroatoms. The maximum atomic E-state index is 13.1. The van der Waals surface area contributed by atoms with Crippen LogP contribution in [0.4, 0.5) is 10.1 Å². The number of carbonyl (C=O) groups excluding carboxylic acids is 2. The molecule has 2 aromatic carbocycles. The molecular formula is C26H27FN4O2. The lowest BCUT2D eigenvalue weighted by molar-refractivity contribution is -0.131. The number of hydrogen-bond acceptors (Lipinski definition) is 4. The van der Waals surface area contributed by atoms with E-state index >= 15 is 0 Å². The second-order valence-corrected chi connectivity index (χ2v) is 8.51. The number of carbonyl (C=O) groups is 2. The van der Waals surface area contributed by atoms with E-state index in [2.05, 4.69) is 21.4 Å². The van der Waals surface area contributed by atoms with Gasteiger partial charge in [-0.05, 0) is 56.5 Å². The molecule has 170 valence electrons. The minimum Gasteiger partial charge on any atom is -0.342 e. The van der Waals surface area contributed by atoms with Gasteiger partial charge in [0.15, 0.2) is 0 Å². The van der Waals surface area contributed by atoms with Crippen LogP contribution in [0.25, 0.3) is 0 Å². The van der Waals surface area contributed by atoms with Crippen molar-refractivity contribution in [2.75, 3.05) is 18.4 Å². The Morgan fingerprint density at radius 2 is 1.82 bits per heavy atom. The van der Waals surface area contributed by atoms with Crippen molar-refractivity contribution in [1.82, 2.24) is 14.9 Å². The quantitative estimate of drug-likeness (QED) is 0.629. The Bertz CT molecular complexity index is 1160. The molecule has 0 unspecified atom stereocenters. The molecule has 1 aromatic heterocycles. The van der Waals surface area contributed by atoms with Gasteiger partial charge in [-0.25, -0.2) is 14.4 Å². The van der Waals surface area contributed by atoms with Crippen molar-refractivity contribution in [2.45, 2.75) is 39.0 Å². The predicted octanol–water partition coefficient (Wildman–Crippen LogP) is 4.43. The summed E-state index contributed by atoms with van der Waals surface area (Å²) in [6, 6.07) is 13.6. The Kier molecular flexibility index (Phi) is 6.77. The van der Waals surface area contributed by atoms with Crippen molar-refractivity contribution in [3.8, 4) is 0 Å². The van der Waals surface area contributed by atoms with E-state index in [-0.39, 0.29) is 23.5 Å². The molecule has 4 rings (SSSR count). The second-order valence-electron chi connectivity index (χ2n) is 8.51. The van der Waals surface area contributed by atoms with Crippen LogP contribution in [0.5, 0.6) is 0 Å². The highest BCUT2D eigenvalue weighted by Crippen LogP contribution is 2.26. The fourth-order valence-corrected chi connectivity index (χ4v) is 4.13. The molecule has 0 saturated carbocycles. The van der Waals surface area contributed by atoms with E-state index in [0.717, 1.165) is 24.0 Å². The smallest absolute Gasteiger partial charge is 0.259 e. The SMILES string of the molecule is Cc1cccc(CC(=O)N2CCC(c3ncc(C(=O)Nc4ccc(F)cc4)c(C)n3)CC2)c1. The summed E-state index contributed by atoms with van der Waals surface area (Å²) in [6.07, 6.45) is 3.55. The number of aromatic nitrogens is 2. The molecule has 2 heterocycles. The van der Waals surface area contributed by atoms with E-state index in [0.29, 0.717) is 42.3 Å². The highest BCUT2D eigenvalue weighted by molar-refractivity contribution is 6.04. The number of hydrogen-bond donors (Lipinski definition) is 1. The number of rotatable bonds is 5. The van der Waals surface area contributed by atoms with Crippen LogP contribution in [-0.4, -0.2) is 39.8 Å². The van der Waals surface area contributed by atoms with Crippen LogP contribution in [0, 0.1) is 19.7 Å². The van der Waals surface area contributed by atoms with E-state index in [1.807, 2.05) is 30.0 Å². The van der Waals surface area contributed by atoms with Gasteiger partial charge in [-0.1, -0.05) is 29.8 Å². The number of anilines is 1. The maximum absolute atomic E-state index is 13.1. The zero-order valence-corrected chi connectivity index (χ0v) is 18.8. The molecule has 1 saturated heterocycles. The molecule has 2 amide bonds. The zero-order valence-electron chi connectivity index (χ0n) is 18.8. The number of nitrogens with zero attached hydrogens (tertiary/aromatic N) is 3. The van der Waals surface area contributed by atoms with Crippen LogP contribution in [0.3, 0.4) is 0 Å². The lowest BCUT2D eigenvalue weighted by Crippen LogP contribution is -2.39. The summed E-state index contributed by atoms with van der Waals surface area (Å²) in [5.74, 6) is 0.309. The summed E-state index contributed by atoms with van der Waals surface area (Å²) < 4.78 is 13.1. The Balaban J connectivity index is 1.34. The molecule has 1 N–H and O–H groups in total. The summed E-state index contributed by atoms with van der Waals surface area (Å²) in [6.45, 7) is 5.15. The zero-order chi connectivity index (χ0) is 23.4. The van der Waals surface area contributed by atoms with Gasteiger partial charge >= 0.3 is 0 Å². The van der Waals surface area contributed by atoms with E-state index < -0.39 is 0 Å². The van der Waals surface area contributed by atoms with Gasteiger partial charge in [0, 0.05) is 30.9 Å². The minimum atomic E-state index is -0.361. The van der Waals surface area contributed by atoms with Gasteiger partial charge in [0.25, 0.3) is 5.91 Å². The number of halogens is 1. The van der Waals surface area contributed by atoms with Gasteiger partial charge in [-0.2, -0.15) is 0 Å². The third-order valence-electron chi connectivity index (χ3n) is 6.00. The topological polar surface area (TPSA) is 75.2 Å². The predicted molar refractivity (Wildman–Crippen MR) is 125 cm³/mol. The van der Waals surface area contributed by atoms with E-state index in [9.17, 15) is 14.0 Å². The van der Waals surface area contributed by atoms with Gasteiger partial charge in [-0.3, -0.25) is 9.59 Å². The molecule has 0 atom stereocenters. The van der Waals surface area contributed by atoms with Gasteiger partial charge in [0.05, 0.1) is 17.7 Å². The summed E-state index contributed by atoms with van der Waals surface area (Å²) in [5, 5.41) is 2.74. The molecule has 6 nitrogen and oxygen atoms in total. The Hall–Kier alpha value is -3.61. The van der Waals surface area contributed by atoms with Crippen molar-refractivity contribution in [1.29, 1.82) is 0 Å². The summed E-state index contributed by atoms with van der Waals surface area (Å²) in [4.78, 5) is 36.2. The van der Waals surface area contributed by atoms with E-state index in [1.54, 1.807) is 13.1 Å². The monoisotopic (exact) mass is 446 g/mol. The fraction of sp³-hybridized carbons (Fsp3) is 0.308. The first kappa shape index (κ1) is 22.6. The second kappa shape index (κ2) is 9.90. The third kappa shape index (κ3) is 5.61. The van der Waals surface area contributed by atoms with E-state index in [4.69, 9.17) is 0 Å². The van der Waals surface area contributed by atoms with Crippen molar-refractivity contribution < 1.29 is 14.0 Å². The molecule has 1 aliphatic heterocycles. The van der Waals surface area contributed by atoms with Crippen LogP contribution in [0.2, 0.25) is 0 Å². The van der Waals surface area contributed by atoms with Crippen molar-refractivity contribution >= 4 is 17.5 Å². The first-order chi connectivity index (χ1) is 15.9. The third-order valence-corrected chi connectivity index (χ3v) is 6.00. The molecule has 0 aliphatic carbocycles. The average Bonchev–Trinajstić information content (AvgIpc) is 2.80. The van der Waals surface area contributed by atoms with Crippen LogP contribution in [0.15, 0.2) is 54.7 Å². The van der Waals surface area contributed by atoms with Crippen LogP contribution in [-0.2, 0) is 11.2 Å². The number of benzene rings is 2. The lowest BCUT2D eigenvalue weighted by atomic mass is 9.95. The number of nitrogens with one attached hydrogen (secondary N) is 1. The highest BCUT2D eigenvalue weighted by Gasteiger charge is 2.26. The first-order valence-corrected chi connectivity index (χ1v) is 11.1. The Morgan fingerprint density at radius 3 is 2.48 bits per heavy atom. The summed E-state index contributed by atoms with van der Waals surface area (Å²) >= 11 is 0. The molecule has 0 radical (unpaired) electrons. The fourth-order valence-electron chi connectivity index (χ4n) is 4.13. The van der Waals surface area contributed by atoms with Crippen LogP contribution >= 0.6 is 0 Å². The number of likely N-dealkylation sites (tertiary alicyclic amines) is 1. The molecule has 1 aliphatic rings. The normalized spacial score (nSPS) is 14.2. The summed E-state index contributed by atoms with van der Waals surface area (Å²) in [7, 11) is 0. The Morgan fingerprint density at radius 1 is 1.09 bits per heavy atom. The molecule has 3 aromatic rings. The average molecular weight is 447 g/mol. The van der Waals surface area contributed by atoms with Crippen molar-refractivity contribution in [3.63, 3.8) is 0 Å². The largest absolute Gasteiger partial charge is 0.342 e. The highest BCUT2D eigenvalue weighted by atomic mass is 19.1. The molecule has 1 fully saturated rings. The molecule has 0 spiro atoms. The van der Waals surface area contributed by atoms with Gasteiger partial charge in [-0.15, -0.1) is 0 Å². The van der Waals surface area contributed by atoms with Gasteiger partial charge in [0.1, 0.15) is 11.6 Å². The Labute approximate surface area is 192 Å². The molecular weight excluding hydrogens is 419 g/mol. The van der Waals surface area contributed by atoms with E-state index in [1.165, 1.54) is 24.3 Å². The molecule has 33 heavy (non-hydrogen) atoms. The van der Waals surface area contributed by atoms with Crippen molar-refractivity contribution in [2.24, 2.45) is 0 Å². The van der Waals surface area contributed by atoms with Crippen LogP contribution in [0.1, 0.15) is 51.8 Å². The maximum Gasteiger partial charge on any atom is 0.259 e. The summed E-state index contributed by atoms with van der Waals surface area (Å²) in [5.41, 5.74) is 3.68. The van der Waals surface area contributed by atoms with Crippen LogP contribution < -0.4 is 5.32 Å². The first-order valence-electron chi connectivity index (χ1n) is 11.1. The van der Waals surface area contributed by atoms with Gasteiger partial charge in [0.2, 0.25) is 5.91 Å². The van der Waals surface area contributed by atoms with Crippen molar-refractivity contribution in [3.05, 3.63) is 88.8 Å². The molecule has 0 bridgehead atoms. The standard InChI is InChI=1S/C26H27FN4O2/c1-17-4-3-5-19(14-17)15-24(32)31-12-10-20(11-13-31)25-28-16-23(18(2)29-25)26(33)30-22-8-6-21(27)7-9-22/h3-9,14,16,20H,10-13,15H2,1-2H3,(H,30,33). The number of amides is 2. The minimum absolute atomic E-state index is 0.143. The number of aryl methyl sites for hydroxylation is 2.